The van der Waals surface area contributed by atoms with Gasteiger partial charge in [0.15, 0.2) is 0 Å². The van der Waals surface area contributed by atoms with Crippen molar-refractivity contribution in [3.05, 3.63) is 0 Å². The molecule has 0 aromatic rings. The van der Waals surface area contributed by atoms with Gasteiger partial charge in [-0.1, -0.05) is 13.8 Å². The van der Waals surface area contributed by atoms with Gasteiger partial charge in [0.1, 0.15) is 0 Å². The Morgan fingerprint density at radius 1 is 1.40 bits per heavy atom. The van der Waals surface area contributed by atoms with Crippen LogP contribution in [0.15, 0.2) is 0 Å². The van der Waals surface area contributed by atoms with Gasteiger partial charge in [0.25, 0.3) is 0 Å². The molecule has 2 aliphatic heterocycles. The zero-order valence-corrected chi connectivity index (χ0v) is 10.9. The van der Waals surface area contributed by atoms with Crippen molar-refractivity contribution in [2.45, 2.75) is 45.2 Å². The van der Waals surface area contributed by atoms with Crippen LogP contribution in [0.4, 0.5) is 0 Å². The van der Waals surface area contributed by atoms with Crippen molar-refractivity contribution in [1.82, 2.24) is 4.90 Å². The van der Waals surface area contributed by atoms with Crippen LogP contribution in [0.3, 0.4) is 0 Å². The van der Waals surface area contributed by atoms with Crippen molar-refractivity contribution in [3.63, 3.8) is 0 Å². The lowest BCUT2D eigenvalue weighted by Gasteiger charge is -2.47. The van der Waals surface area contributed by atoms with Crippen molar-refractivity contribution in [3.8, 4) is 0 Å². The number of rotatable bonds is 1. The Balaban J connectivity index is 2.01. The Morgan fingerprint density at radius 2 is 2.20 bits per heavy atom. The van der Waals surface area contributed by atoms with Crippen LogP contribution in [0.5, 0.6) is 0 Å². The molecule has 2 unspecified atom stereocenters. The van der Waals surface area contributed by atoms with Gasteiger partial charge in [0.2, 0.25) is 0 Å². The molecular weight excluding hydrogens is 204 g/mol. The van der Waals surface area contributed by atoms with Gasteiger partial charge in [-0.3, -0.25) is 4.90 Å². The number of piperidine rings is 1. The molecule has 0 aromatic heterocycles. The topological polar surface area (TPSA) is 29.3 Å². The molecule has 2 N–H and O–H groups in total. The minimum Gasteiger partial charge on any atom is -0.327 e. The normalized spacial score (nSPS) is 37.8. The number of hydrogen-bond acceptors (Lipinski definition) is 3. The number of thioether (sulfide) groups is 1. The smallest absolute Gasteiger partial charge is 0.0238 e. The lowest BCUT2D eigenvalue weighted by Crippen LogP contribution is -2.55. The fraction of sp³-hybridized carbons (Fsp3) is 1.00. The Kier molecular flexibility index (Phi) is 3.63. The van der Waals surface area contributed by atoms with Gasteiger partial charge in [0, 0.05) is 24.4 Å². The summed E-state index contributed by atoms with van der Waals surface area (Å²) in [7, 11) is 0. The number of nitrogens with two attached hydrogens (primary N) is 1. The van der Waals surface area contributed by atoms with Gasteiger partial charge in [-0.15, -0.1) is 0 Å². The van der Waals surface area contributed by atoms with E-state index < -0.39 is 0 Å². The molecule has 2 aliphatic rings. The van der Waals surface area contributed by atoms with Crippen LogP contribution in [0, 0.1) is 5.41 Å². The van der Waals surface area contributed by atoms with Crippen molar-refractivity contribution in [2.75, 3.05) is 24.6 Å². The molecular formula is C12H24N2S. The summed E-state index contributed by atoms with van der Waals surface area (Å²) < 4.78 is 0. The van der Waals surface area contributed by atoms with Gasteiger partial charge in [-0.2, -0.15) is 11.8 Å². The standard InChI is InChI=1S/C12H24N2S/c1-12(2)5-7-15-9-11(12)14-6-3-4-10(13)8-14/h10-11H,3-9,13H2,1-2H3. The molecule has 2 rings (SSSR count). The number of likely N-dealkylation sites (tertiary alicyclic amines) is 1. The van der Waals surface area contributed by atoms with Crippen LogP contribution < -0.4 is 5.73 Å². The fourth-order valence-electron chi connectivity index (χ4n) is 2.85. The van der Waals surface area contributed by atoms with Gasteiger partial charge < -0.3 is 5.73 Å². The monoisotopic (exact) mass is 228 g/mol. The van der Waals surface area contributed by atoms with Crippen molar-refractivity contribution in [2.24, 2.45) is 11.1 Å². The van der Waals surface area contributed by atoms with Crippen LogP contribution in [-0.4, -0.2) is 41.6 Å². The van der Waals surface area contributed by atoms with Crippen molar-refractivity contribution >= 4 is 11.8 Å². The zero-order valence-electron chi connectivity index (χ0n) is 10.0. The third kappa shape index (κ3) is 2.69. The van der Waals surface area contributed by atoms with E-state index in [-0.39, 0.29) is 0 Å². The van der Waals surface area contributed by atoms with E-state index in [1.165, 1.54) is 37.3 Å². The predicted molar refractivity (Wildman–Crippen MR) is 68.3 cm³/mol. The summed E-state index contributed by atoms with van der Waals surface area (Å²) in [6.45, 7) is 7.24. The Hall–Kier alpha value is 0.270. The molecule has 2 heterocycles. The SMILES string of the molecule is CC1(C)CCSCC1N1CCCC(N)C1. The summed E-state index contributed by atoms with van der Waals surface area (Å²) in [6, 6.07) is 1.17. The van der Waals surface area contributed by atoms with Crippen LogP contribution in [0.2, 0.25) is 0 Å². The maximum atomic E-state index is 6.07. The maximum Gasteiger partial charge on any atom is 0.0238 e. The first-order valence-electron chi connectivity index (χ1n) is 6.17. The Morgan fingerprint density at radius 3 is 2.87 bits per heavy atom. The summed E-state index contributed by atoms with van der Waals surface area (Å²) in [6.07, 6.45) is 3.86. The van der Waals surface area contributed by atoms with Gasteiger partial charge in [-0.05, 0) is 37.0 Å². The Labute approximate surface area is 98.0 Å². The molecule has 0 radical (unpaired) electrons. The molecule has 0 amide bonds. The molecule has 2 nitrogen and oxygen atoms in total. The van der Waals surface area contributed by atoms with Crippen LogP contribution in [-0.2, 0) is 0 Å². The van der Waals surface area contributed by atoms with Gasteiger partial charge in [-0.25, -0.2) is 0 Å². The summed E-state index contributed by atoms with van der Waals surface area (Å²) in [5.74, 6) is 2.64. The first-order valence-corrected chi connectivity index (χ1v) is 7.32. The van der Waals surface area contributed by atoms with Gasteiger partial charge in [0.05, 0.1) is 0 Å². The summed E-state index contributed by atoms with van der Waals surface area (Å²) in [5.41, 5.74) is 6.56. The minimum atomic E-state index is 0.418. The second kappa shape index (κ2) is 4.64. The zero-order chi connectivity index (χ0) is 10.9. The summed E-state index contributed by atoms with van der Waals surface area (Å²) in [4.78, 5) is 2.65. The van der Waals surface area contributed by atoms with E-state index in [2.05, 4.69) is 30.5 Å². The highest BCUT2D eigenvalue weighted by Gasteiger charge is 2.37. The van der Waals surface area contributed by atoms with Crippen LogP contribution in [0.1, 0.15) is 33.1 Å². The van der Waals surface area contributed by atoms with E-state index in [0.717, 1.165) is 12.6 Å². The van der Waals surface area contributed by atoms with Crippen molar-refractivity contribution < 1.29 is 0 Å². The van der Waals surface area contributed by atoms with Crippen molar-refractivity contribution in [1.29, 1.82) is 0 Å². The van der Waals surface area contributed by atoms with Gasteiger partial charge >= 0.3 is 0 Å². The lowest BCUT2D eigenvalue weighted by molar-refractivity contribution is 0.0724. The van der Waals surface area contributed by atoms with E-state index in [0.29, 0.717) is 11.5 Å². The third-order valence-electron chi connectivity index (χ3n) is 4.00. The fourth-order valence-corrected chi connectivity index (χ4v) is 4.57. The molecule has 0 saturated carbocycles. The molecule has 2 atom stereocenters. The van der Waals surface area contributed by atoms with E-state index >= 15 is 0 Å². The molecule has 0 spiro atoms. The minimum absolute atomic E-state index is 0.418. The highest BCUT2D eigenvalue weighted by molar-refractivity contribution is 7.99. The molecule has 3 heteroatoms. The largest absolute Gasteiger partial charge is 0.327 e. The maximum absolute atomic E-state index is 6.07. The molecule has 0 bridgehead atoms. The lowest BCUT2D eigenvalue weighted by atomic mass is 9.80. The van der Waals surface area contributed by atoms with Crippen LogP contribution in [0.25, 0.3) is 0 Å². The quantitative estimate of drug-likeness (QED) is 0.744. The second-order valence-corrected chi connectivity index (χ2v) is 6.88. The highest BCUT2D eigenvalue weighted by atomic mass is 32.2. The second-order valence-electron chi connectivity index (χ2n) is 5.73. The van der Waals surface area contributed by atoms with E-state index in [4.69, 9.17) is 5.73 Å². The number of hydrogen-bond donors (Lipinski definition) is 1. The first kappa shape index (κ1) is 11.7. The highest BCUT2D eigenvalue weighted by Crippen LogP contribution is 2.38. The Bertz CT molecular complexity index is 218. The third-order valence-corrected chi connectivity index (χ3v) is 5.04. The van der Waals surface area contributed by atoms with E-state index in [9.17, 15) is 0 Å². The molecule has 88 valence electrons. The molecule has 0 aliphatic carbocycles. The number of nitrogens with zero attached hydrogens (tertiary/aromatic N) is 1. The van der Waals surface area contributed by atoms with Crippen LogP contribution >= 0.6 is 11.8 Å². The molecule has 0 aromatic carbocycles. The average Bonchev–Trinajstić information content (AvgIpc) is 2.17. The summed E-state index contributed by atoms with van der Waals surface area (Å²) in [5, 5.41) is 0. The van der Waals surface area contributed by atoms with E-state index in [1.807, 2.05) is 0 Å². The molecule has 2 fully saturated rings. The average molecular weight is 228 g/mol. The molecule has 2 saturated heterocycles. The predicted octanol–water partition coefficient (Wildman–Crippen LogP) is 1.94. The first-order chi connectivity index (χ1) is 7.09. The summed E-state index contributed by atoms with van der Waals surface area (Å²) >= 11 is 2.12. The van der Waals surface area contributed by atoms with E-state index in [1.54, 1.807) is 0 Å². The molecule has 15 heavy (non-hydrogen) atoms.